The molecule has 3 rings (SSSR count). The quantitative estimate of drug-likeness (QED) is 0.668. The minimum atomic E-state index is 0. The summed E-state index contributed by atoms with van der Waals surface area (Å²) in [5.41, 5.74) is 8.27. The van der Waals surface area contributed by atoms with Gasteiger partial charge in [-0.25, -0.2) is 5.43 Å². The van der Waals surface area contributed by atoms with Gasteiger partial charge in [0.25, 0.3) is 0 Å². The Balaban J connectivity index is 0.00000176. The molecule has 0 saturated carbocycles. The largest absolute Gasteiger partial charge is 0.295 e. The summed E-state index contributed by atoms with van der Waals surface area (Å²) >= 11 is 7.61. The molecule has 2 aromatic carbocycles. The molecule has 114 valence electrons. The number of hydrogen-bond donors (Lipinski definition) is 2. The number of hydrazine groups is 1. The van der Waals surface area contributed by atoms with Crippen molar-refractivity contribution in [1.82, 2.24) is 15.6 Å². The van der Waals surface area contributed by atoms with Crippen LogP contribution in [0.3, 0.4) is 0 Å². The van der Waals surface area contributed by atoms with Crippen molar-refractivity contribution >= 4 is 40.5 Å². The normalized spacial score (nSPS) is 10.0. The van der Waals surface area contributed by atoms with Crippen LogP contribution in [0.25, 0.3) is 10.6 Å². The van der Waals surface area contributed by atoms with Crippen LogP contribution in [0.5, 0.6) is 0 Å². The molecule has 0 radical (unpaired) electrons. The molecule has 0 spiro atoms. The van der Waals surface area contributed by atoms with E-state index in [0.29, 0.717) is 16.7 Å². The molecule has 4 nitrogen and oxygen atoms in total. The topological polar surface area (TPSA) is 49.8 Å². The van der Waals surface area contributed by atoms with Gasteiger partial charge in [-0.15, -0.1) is 22.6 Å². The molecule has 7 heteroatoms. The van der Waals surface area contributed by atoms with Crippen molar-refractivity contribution in [1.29, 1.82) is 0 Å². The lowest BCUT2D eigenvalue weighted by Crippen LogP contribution is -2.20. The van der Waals surface area contributed by atoms with Crippen LogP contribution >= 0.6 is 35.3 Å². The number of nitrogens with one attached hydrogen (secondary N) is 2. The van der Waals surface area contributed by atoms with Crippen molar-refractivity contribution in [3.8, 4) is 10.6 Å². The molecule has 0 bridgehead atoms. The first-order valence-electron chi connectivity index (χ1n) is 6.44. The monoisotopic (exact) mass is 352 g/mol. The van der Waals surface area contributed by atoms with E-state index < -0.39 is 0 Å². The summed E-state index contributed by atoms with van der Waals surface area (Å²) in [4.78, 5) is 0. The molecule has 2 N–H and O–H groups in total. The zero-order valence-electron chi connectivity index (χ0n) is 11.5. The number of rotatable bonds is 5. The van der Waals surface area contributed by atoms with Crippen molar-refractivity contribution in [2.24, 2.45) is 0 Å². The first-order chi connectivity index (χ1) is 10.3. The number of aromatic nitrogens is 2. The third kappa shape index (κ3) is 4.18. The number of hydrogen-bond acceptors (Lipinski definition) is 5. The van der Waals surface area contributed by atoms with Gasteiger partial charge in [-0.3, -0.25) is 5.43 Å². The van der Waals surface area contributed by atoms with E-state index in [2.05, 4.69) is 33.2 Å². The fourth-order valence-electron chi connectivity index (χ4n) is 1.83. The highest BCUT2D eigenvalue weighted by atomic mass is 35.5. The van der Waals surface area contributed by atoms with E-state index in [-0.39, 0.29) is 12.4 Å². The Morgan fingerprint density at radius 2 is 1.68 bits per heavy atom. The average Bonchev–Trinajstić information content (AvgIpc) is 2.97. The van der Waals surface area contributed by atoms with E-state index in [1.54, 1.807) is 0 Å². The van der Waals surface area contributed by atoms with Crippen molar-refractivity contribution in [2.45, 2.75) is 6.54 Å². The Morgan fingerprint density at radius 1 is 0.955 bits per heavy atom. The maximum Gasteiger partial charge on any atom is 0.220 e. The Morgan fingerprint density at radius 3 is 2.45 bits per heavy atom. The number of anilines is 1. The second-order valence-corrected chi connectivity index (χ2v) is 5.74. The maximum absolute atomic E-state index is 6.16. The van der Waals surface area contributed by atoms with E-state index >= 15 is 0 Å². The van der Waals surface area contributed by atoms with Crippen LogP contribution in [0.2, 0.25) is 5.02 Å². The Hall–Kier alpha value is -1.66. The maximum atomic E-state index is 6.16. The molecule has 0 aliphatic carbocycles. The molecular weight excluding hydrogens is 339 g/mol. The smallest absolute Gasteiger partial charge is 0.220 e. The van der Waals surface area contributed by atoms with E-state index in [0.717, 1.165) is 10.6 Å². The molecule has 0 aliphatic rings. The molecule has 0 aliphatic heterocycles. The summed E-state index contributed by atoms with van der Waals surface area (Å²) in [7, 11) is 0. The molecule has 1 aromatic heterocycles. The van der Waals surface area contributed by atoms with Crippen LogP contribution in [-0.2, 0) is 6.54 Å². The average molecular weight is 353 g/mol. The van der Waals surface area contributed by atoms with Crippen LogP contribution in [-0.4, -0.2) is 10.2 Å². The molecule has 0 unspecified atom stereocenters. The lowest BCUT2D eigenvalue weighted by atomic mass is 10.2. The van der Waals surface area contributed by atoms with Gasteiger partial charge in [0.2, 0.25) is 5.13 Å². The van der Waals surface area contributed by atoms with E-state index in [4.69, 9.17) is 11.6 Å². The molecule has 1 heterocycles. The molecule has 22 heavy (non-hydrogen) atoms. The fraction of sp³-hybridized carbons (Fsp3) is 0.0667. The lowest BCUT2D eigenvalue weighted by Gasteiger charge is -2.04. The molecule has 0 amide bonds. The first kappa shape index (κ1) is 16.7. The predicted octanol–water partition coefficient (Wildman–Crippen LogP) is 4.40. The highest BCUT2D eigenvalue weighted by Crippen LogP contribution is 2.31. The Kier molecular flexibility index (Phi) is 6.15. The number of nitrogens with zero attached hydrogens (tertiary/aromatic N) is 2. The van der Waals surface area contributed by atoms with Crippen molar-refractivity contribution in [2.75, 3.05) is 5.43 Å². The van der Waals surface area contributed by atoms with Crippen LogP contribution in [0.4, 0.5) is 5.13 Å². The van der Waals surface area contributed by atoms with Gasteiger partial charge in [0.05, 0.1) is 5.02 Å². The minimum absolute atomic E-state index is 0. The summed E-state index contributed by atoms with van der Waals surface area (Å²) in [6.45, 7) is 0.710. The van der Waals surface area contributed by atoms with E-state index in [1.807, 2.05) is 42.5 Å². The van der Waals surface area contributed by atoms with Crippen molar-refractivity contribution in [3.05, 3.63) is 65.2 Å². The highest BCUT2D eigenvalue weighted by Gasteiger charge is 2.09. The first-order valence-corrected chi connectivity index (χ1v) is 7.63. The van der Waals surface area contributed by atoms with E-state index in [9.17, 15) is 0 Å². The second-order valence-electron chi connectivity index (χ2n) is 4.36. The highest BCUT2D eigenvalue weighted by molar-refractivity contribution is 7.18. The van der Waals surface area contributed by atoms with Gasteiger partial charge in [0.1, 0.15) is 0 Å². The fourth-order valence-corrected chi connectivity index (χ4v) is 2.87. The SMILES string of the molecule is Cl.Clc1ccccc1-c1nnc(NNCc2ccccc2)s1. The third-order valence-corrected chi connectivity index (χ3v) is 4.06. The van der Waals surface area contributed by atoms with Gasteiger partial charge in [-0.2, -0.15) is 0 Å². The van der Waals surface area contributed by atoms with Gasteiger partial charge in [0.15, 0.2) is 5.01 Å². The second kappa shape index (κ2) is 8.10. The van der Waals surface area contributed by atoms with Crippen LogP contribution in [0.15, 0.2) is 54.6 Å². The van der Waals surface area contributed by atoms with Crippen LogP contribution < -0.4 is 10.9 Å². The van der Waals surface area contributed by atoms with Crippen molar-refractivity contribution < 1.29 is 0 Å². The lowest BCUT2D eigenvalue weighted by molar-refractivity contribution is 0.795. The van der Waals surface area contributed by atoms with Gasteiger partial charge >= 0.3 is 0 Å². The molecule has 0 atom stereocenters. The Labute approximate surface area is 143 Å². The summed E-state index contributed by atoms with van der Waals surface area (Å²) in [5, 5.41) is 10.4. The molecular formula is C15H14Cl2N4S. The zero-order valence-corrected chi connectivity index (χ0v) is 13.9. The van der Waals surface area contributed by atoms with Crippen molar-refractivity contribution in [3.63, 3.8) is 0 Å². The third-order valence-electron chi connectivity index (χ3n) is 2.86. The number of benzene rings is 2. The standard InChI is InChI=1S/C15H13ClN4S.ClH/c16-13-9-5-4-8-12(13)14-18-20-15(21-14)19-17-10-11-6-2-1-3-7-11;/h1-9,17H,10H2,(H,19,20);1H. The Bertz CT molecular complexity index is 718. The summed E-state index contributed by atoms with van der Waals surface area (Å²) in [6.07, 6.45) is 0. The summed E-state index contributed by atoms with van der Waals surface area (Å²) < 4.78 is 0. The molecule has 3 aromatic rings. The summed E-state index contributed by atoms with van der Waals surface area (Å²) in [6, 6.07) is 17.8. The van der Waals surface area contributed by atoms with Gasteiger partial charge < -0.3 is 0 Å². The van der Waals surface area contributed by atoms with E-state index in [1.165, 1.54) is 16.9 Å². The van der Waals surface area contributed by atoms with Gasteiger partial charge in [-0.05, 0) is 11.6 Å². The predicted molar refractivity (Wildman–Crippen MR) is 94.5 cm³/mol. The minimum Gasteiger partial charge on any atom is -0.295 e. The zero-order chi connectivity index (χ0) is 14.5. The molecule has 0 saturated heterocycles. The number of halogens is 2. The van der Waals surface area contributed by atoms with Gasteiger partial charge in [0, 0.05) is 12.1 Å². The van der Waals surface area contributed by atoms with Gasteiger partial charge in [-0.1, -0.05) is 71.5 Å². The molecule has 0 fully saturated rings. The van der Waals surface area contributed by atoms with Crippen LogP contribution in [0, 0.1) is 0 Å². The summed E-state index contributed by atoms with van der Waals surface area (Å²) in [5.74, 6) is 0. The van der Waals surface area contributed by atoms with Crippen LogP contribution in [0.1, 0.15) is 5.56 Å².